The van der Waals surface area contributed by atoms with Crippen molar-refractivity contribution in [2.24, 2.45) is 11.3 Å². The summed E-state index contributed by atoms with van der Waals surface area (Å²) in [5.74, 6) is 0.910. The summed E-state index contributed by atoms with van der Waals surface area (Å²) in [6.07, 6.45) is 4.43. The van der Waals surface area contributed by atoms with Crippen LogP contribution in [0.1, 0.15) is 59.3 Å². The van der Waals surface area contributed by atoms with Crippen LogP contribution < -0.4 is 14.9 Å². The SMILES string of the molecule is CC(C)S(=O)(=O)C1CCN(c2cc(S(=O)(=O)NC3(C)CC3)cc3nc(NC(=O)C45CC4C5)ccc23)CC1. The molecule has 1 amide bonds. The first-order valence-electron chi connectivity index (χ1n) is 13.1. The smallest absolute Gasteiger partial charge is 0.241 e. The second kappa shape index (κ2) is 8.13. The van der Waals surface area contributed by atoms with Gasteiger partial charge in [0.25, 0.3) is 0 Å². The maximum atomic E-state index is 13.3. The highest BCUT2D eigenvalue weighted by atomic mass is 32.2. The number of hydrogen-bond donors (Lipinski definition) is 2. The van der Waals surface area contributed by atoms with Crippen molar-refractivity contribution in [1.29, 1.82) is 0 Å². The van der Waals surface area contributed by atoms with Gasteiger partial charge in [-0.1, -0.05) is 0 Å². The van der Waals surface area contributed by atoms with Crippen LogP contribution in [0.5, 0.6) is 0 Å². The number of amides is 1. The molecule has 0 spiro atoms. The van der Waals surface area contributed by atoms with E-state index in [0.717, 1.165) is 31.1 Å². The average molecular weight is 547 g/mol. The maximum Gasteiger partial charge on any atom is 0.241 e. The Bertz CT molecular complexity index is 1500. The van der Waals surface area contributed by atoms with Gasteiger partial charge in [0.05, 0.1) is 26.3 Å². The second-order valence-corrected chi connectivity index (χ2v) is 16.4. The summed E-state index contributed by atoms with van der Waals surface area (Å²) in [5.41, 5.74) is 0.574. The molecule has 3 aliphatic carbocycles. The molecule has 3 saturated carbocycles. The molecule has 9 nitrogen and oxygen atoms in total. The Morgan fingerprint density at radius 2 is 1.73 bits per heavy atom. The van der Waals surface area contributed by atoms with Gasteiger partial charge in [-0.3, -0.25) is 4.79 Å². The number of piperidine rings is 1. The van der Waals surface area contributed by atoms with Crippen molar-refractivity contribution in [1.82, 2.24) is 9.71 Å². The molecule has 6 rings (SSSR count). The van der Waals surface area contributed by atoms with Crippen LogP contribution in [-0.4, -0.2) is 56.9 Å². The van der Waals surface area contributed by atoms with Crippen LogP contribution in [-0.2, 0) is 24.7 Å². The van der Waals surface area contributed by atoms with Gasteiger partial charge in [0.2, 0.25) is 15.9 Å². The summed E-state index contributed by atoms with van der Waals surface area (Å²) in [6, 6.07) is 6.86. The highest BCUT2D eigenvalue weighted by molar-refractivity contribution is 7.92. The van der Waals surface area contributed by atoms with Crippen LogP contribution >= 0.6 is 0 Å². The molecule has 2 aromatic rings. The summed E-state index contributed by atoms with van der Waals surface area (Å²) in [7, 11) is -6.99. The van der Waals surface area contributed by atoms with Gasteiger partial charge in [-0.25, -0.2) is 26.5 Å². The molecule has 37 heavy (non-hydrogen) atoms. The van der Waals surface area contributed by atoms with Crippen LogP contribution in [0.2, 0.25) is 0 Å². The molecule has 1 aromatic heterocycles. The fourth-order valence-corrected chi connectivity index (χ4v) is 8.62. The van der Waals surface area contributed by atoms with Crippen molar-refractivity contribution in [3.8, 4) is 0 Å². The van der Waals surface area contributed by atoms with Crippen molar-refractivity contribution in [3.63, 3.8) is 0 Å². The predicted octanol–water partition coefficient (Wildman–Crippen LogP) is 3.21. The zero-order valence-electron chi connectivity index (χ0n) is 21.5. The van der Waals surface area contributed by atoms with E-state index in [1.54, 1.807) is 32.0 Å². The molecule has 0 atom stereocenters. The number of sulfonamides is 1. The van der Waals surface area contributed by atoms with E-state index in [1.165, 1.54) is 0 Å². The fraction of sp³-hybridized carbons (Fsp3) is 0.615. The van der Waals surface area contributed by atoms with Gasteiger partial charge in [-0.2, -0.15) is 0 Å². The van der Waals surface area contributed by atoms with Gasteiger partial charge < -0.3 is 10.2 Å². The Morgan fingerprint density at radius 3 is 2.30 bits per heavy atom. The third kappa shape index (κ3) is 4.42. The van der Waals surface area contributed by atoms with Crippen LogP contribution in [0, 0.1) is 11.3 Å². The normalized spacial score (nSPS) is 26.7. The first-order valence-corrected chi connectivity index (χ1v) is 16.2. The third-order valence-electron chi connectivity index (χ3n) is 8.73. The minimum absolute atomic E-state index is 0.00916. The number of benzene rings is 1. The molecule has 0 radical (unpaired) electrons. The largest absolute Gasteiger partial charge is 0.371 e. The van der Waals surface area contributed by atoms with Crippen molar-refractivity contribution in [2.45, 2.75) is 80.2 Å². The molecule has 200 valence electrons. The summed E-state index contributed by atoms with van der Waals surface area (Å²) < 4.78 is 54.9. The van der Waals surface area contributed by atoms with Gasteiger partial charge in [0.15, 0.2) is 9.84 Å². The van der Waals surface area contributed by atoms with E-state index < -0.39 is 35.9 Å². The minimum Gasteiger partial charge on any atom is -0.371 e. The molecule has 4 aliphatic rings. The van der Waals surface area contributed by atoms with Gasteiger partial charge >= 0.3 is 0 Å². The zero-order chi connectivity index (χ0) is 26.4. The molecule has 1 saturated heterocycles. The molecule has 1 aliphatic heterocycles. The van der Waals surface area contributed by atoms with Gasteiger partial charge in [0.1, 0.15) is 5.82 Å². The highest BCUT2D eigenvalue weighted by Crippen LogP contribution is 2.75. The lowest BCUT2D eigenvalue weighted by atomic mass is 10.1. The Hall–Kier alpha value is -2.24. The monoisotopic (exact) mass is 546 g/mol. The lowest BCUT2D eigenvalue weighted by Crippen LogP contribution is -2.41. The zero-order valence-corrected chi connectivity index (χ0v) is 23.1. The highest BCUT2D eigenvalue weighted by Gasteiger charge is 2.74. The first kappa shape index (κ1) is 25.1. The molecule has 11 heteroatoms. The molecule has 0 unspecified atom stereocenters. The Labute approximate surface area is 218 Å². The number of carbonyl (C=O) groups excluding carboxylic acids is 1. The number of pyridine rings is 1. The summed E-state index contributed by atoms with van der Waals surface area (Å²) in [5, 5.41) is 2.87. The number of hydrogen-bond acceptors (Lipinski definition) is 7. The molecule has 1 aromatic carbocycles. The molecule has 2 heterocycles. The van der Waals surface area contributed by atoms with E-state index >= 15 is 0 Å². The number of rotatable bonds is 8. The number of anilines is 2. The van der Waals surface area contributed by atoms with E-state index in [1.807, 2.05) is 13.0 Å². The maximum absolute atomic E-state index is 13.3. The van der Waals surface area contributed by atoms with E-state index in [4.69, 9.17) is 0 Å². The van der Waals surface area contributed by atoms with Crippen LogP contribution in [0.15, 0.2) is 29.2 Å². The topological polar surface area (TPSA) is 126 Å². The first-order chi connectivity index (χ1) is 17.3. The Balaban J connectivity index is 1.34. The average Bonchev–Trinajstić information content (AvgIpc) is 3.75. The lowest BCUT2D eigenvalue weighted by molar-refractivity contribution is -0.119. The van der Waals surface area contributed by atoms with E-state index in [0.29, 0.717) is 48.9 Å². The molecule has 2 N–H and O–H groups in total. The van der Waals surface area contributed by atoms with E-state index in [2.05, 4.69) is 19.9 Å². The van der Waals surface area contributed by atoms with Crippen LogP contribution in [0.25, 0.3) is 10.9 Å². The molecular formula is C26H34N4O5S2. The minimum atomic E-state index is -3.80. The molecular weight excluding hydrogens is 512 g/mol. The van der Waals surface area contributed by atoms with Gasteiger partial charge in [-0.05, 0) is 89.5 Å². The number of aromatic nitrogens is 1. The fourth-order valence-electron chi connectivity index (χ4n) is 5.47. The number of nitrogens with one attached hydrogen (secondary N) is 2. The number of fused-ring (bicyclic) bond motifs is 2. The van der Waals surface area contributed by atoms with Crippen molar-refractivity contribution in [2.75, 3.05) is 23.3 Å². The predicted molar refractivity (Wildman–Crippen MR) is 143 cm³/mol. The summed E-state index contributed by atoms with van der Waals surface area (Å²) in [6.45, 7) is 6.32. The molecule has 0 bridgehead atoms. The van der Waals surface area contributed by atoms with E-state index in [-0.39, 0.29) is 16.2 Å². The summed E-state index contributed by atoms with van der Waals surface area (Å²) >= 11 is 0. The standard InChI is InChI=1S/C26H34N4O5S2/c1-16(2)36(32,33)18-6-10-30(11-7-18)22-13-19(37(34,35)29-25(3)8-9-25)12-21-20(22)4-5-23(27-21)28-24(31)26-14-17(26)15-26/h4-5,12-13,16-18,29H,6-11,14-15H2,1-3H3,(H,27,28,31). The quantitative estimate of drug-likeness (QED) is 0.521. The summed E-state index contributed by atoms with van der Waals surface area (Å²) in [4.78, 5) is 19.5. The Kier molecular flexibility index (Phi) is 5.51. The van der Waals surface area contributed by atoms with E-state index in [9.17, 15) is 21.6 Å². The van der Waals surface area contributed by atoms with Gasteiger partial charge in [-0.15, -0.1) is 0 Å². The van der Waals surface area contributed by atoms with Crippen molar-refractivity contribution in [3.05, 3.63) is 24.3 Å². The van der Waals surface area contributed by atoms with Crippen molar-refractivity contribution >= 4 is 48.2 Å². The van der Waals surface area contributed by atoms with Crippen LogP contribution in [0.4, 0.5) is 11.5 Å². The van der Waals surface area contributed by atoms with Gasteiger partial charge in [0, 0.05) is 29.7 Å². The Morgan fingerprint density at radius 1 is 1.08 bits per heavy atom. The van der Waals surface area contributed by atoms with Crippen molar-refractivity contribution < 1.29 is 21.6 Å². The lowest BCUT2D eigenvalue weighted by Gasteiger charge is -2.35. The number of nitrogens with zero attached hydrogens (tertiary/aromatic N) is 2. The number of carbonyl (C=O) groups is 1. The third-order valence-corrected chi connectivity index (χ3v) is 13.1. The second-order valence-electron chi connectivity index (χ2n) is 11.9. The molecule has 4 fully saturated rings. The number of sulfone groups is 1. The van der Waals surface area contributed by atoms with Crippen LogP contribution in [0.3, 0.4) is 0 Å².